The second-order valence-corrected chi connectivity index (χ2v) is 4.56. The normalized spacial score (nSPS) is 11.1. The Morgan fingerprint density at radius 3 is 2.78 bits per heavy atom. The average molecular weight is 319 g/mol. The van der Waals surface area contributed by atoms with Crippen molar-refractivity contribution in [3.8, 4) is 5.75 Å². The van der Waals surface area contributed by atoms with E-state index in [1.165, 1.54) is 19.3 Å². The smallest absolute Gasteiger partial charge is 0.329 e. The number of hydrogen-bond donors (Lipinski definition) is 3. The Morgan fingerprint density at radius 1 is 1.30 bits per heavy atom. The summed E-state index contributed by atoms with van der Waals surface area (Å²) < 4.78 is 18.1. The maximum Gasteiger partial charge on any atom is 0.329 e. The number of benzene rings is 1. The van der Waals surface area contributed by atoms with E-state index in [9.17, 15) is 19.1 Å². The molecule has 0 aliphatic heterocycles. The van der Waals surface area contributed by atoms with Gasteiger partial charge in [-0.1, -0.05) is 0 Å². The van der Waals surface area contributed by atoms with Gasteiger partial charge in [-0.25, -0.2) is 9.82 Å². The topological polar surface area (TPSA) is 104 Å². The molecule has 0 radical (unpaired) electrons. The minimum absolute atomic E-state index is 0.0621. The summed E-state index contributed by atoms with van der Waals surface area (Å²) in [5.74, 6) is -2.15. The maximum absolute atomic E-state index is 13.1. The number of halogens is 1. The molecule has 0 aliphatic carbocycles. The molecule has 7 nitrogen and oxygen atoms in total. The van der Waals surface area contributed by atoms with Crippen LogP contribution in [0.25, 0.3) is 0 Å². The largest absolute Gasteiger partial charge is 0.507 e. The fourth-order valence-electron chi connectivity index (χ4n) is 1.70. The molecular weight excluding hydrogens is 305 g/mol. The minimum Gasteiger partial charge on any atom is -0.507 e. The Hall–Kier alpha value is -3.16. The van der Waals surface area contributed by atoms with Crippen LogP contribution >= 0.6 is 0 Å². The van der Waals surface area contributed by atoms with Crippen molar-refractivity contribution < 1.29 is 23.5 Å². The number of rotatable bonds is 4. The molecule has 0 atom stereocenters. The van der Waals surface area contributed by atoms with Crippen molar-refractivity contribution in [3.05, 3.63) is 53.7 Å². The summed E-state index contributed by atoms with van der Waals surface area (Å²) in [6.07, 6.45) is 1.45. The molecule has 0 fully saturated rings. The molecular formula is C15H14FN3O4. The fraction of sp³-hybridized carbons (Fsp3) is 0.133. The Balaban J connectivity index is 1.94. The zero-order valence-corrected chi connectivity index (χ0v) is 12.2. The van der Waals surface area contributed by atoms with Crippen LogP contribution in [0.3, 0.4) is 0 Å². The molecule has 120 valence electrons. The number of furan rings is 1. The van der Waals surface area contributed by atoms with Crippen LogP contribution in [0.2, 0.25) is 0 Å². The van der Waals surface area contributed by atoms with Crippen LogP contribution in [0, 0.1) is 5.82 Å². The number of carbonyl (C=O) groups excluding carboxylic acids is 2. The standard InChI is InChI=1S/C15H14FN3O4/c1-9(12-7-10(16)4-5-13(12)20)18-19-15(22)14(21)17-8-11-3-2-6-23-11/h2-7,20H,8H2,1H3,(H,17,21)(H,19,22)/b18-9+. The molecule has 0 saturated heterocycles. The SMILES string of the molecule is C/C(=N\NC(=O)C(=O)NCc1ccco1)c1cc(F)ccc1O. The minimum atomic E-state index is -0.994. The Bertz CT molecular complexity index is 741. The van der Waals surface area contributed by atoms with E-state index in [2.05, 4.69) is 10.4 Å². The van der Waals surface area contributed by atoms with E-state index in [0.29, 0.717) is 5.76 Å². The van der Waals surface area contributed by atoms with E-state index in [1.54, 1.807) is 12.1 Å². The third kappa shape index (κ3) is 4.40. The molecule has 23 heavy (non-hydrogen) atoms. The number of phenols is 1. The van der Waals surface area contributed by atoms with Crippen molar-refractivity contribution in [3.63, 3.8) is 0 Å². The molecule has 8 heteroatoms. The molecule has 0 spiro atoms. The highest BCUT2D eigenvalue weighted by molar-refractivity contribution is 6.35. The summed E-state index contributed by atoms with van der Waals surface area (Å²) in [7, 11) is 0. The lowest BCUT2D eigenvalue weighted by Crippen LogP contribution is -2.37. The molecule has 3 N–H and O–H groups in total. The summed E-state index contributed by atoms with van der Waals surface area (Å²) in [5.41, 5.74) is 2.29. The van der Waals surface area contributed by atoms with Crippen molar-refractivity contribution in [1.82, 2.24) is 10.7 Å². The Morgan fingerprint density at radius 2 is 2.09 bits per heavy atom. The highest BCUT2D eigenvalue weighted by Crippen LogP contribution is 2.18. The van der Waals surface area contributed by atoms with Gasteiger partial charge < -0.3 is 14.8 Å². The number of nitrogens with zero attached hydrogens (tertiary/aromatic N) is 1. The highest BCUT2D eigenvalue weighted by atomic mass is 19.1. The van der Waals surface area contributed by atoms with E-state index in [4.69, 9.17) is 4.42 Å². The van der Waals surface area contributed by atoms with Crippen LogP contribution in [0.5, 0.6) is 5.75 Å². The van der Waals surface area contributed by atoms with Crippen LogP contribution in [-0.4, -0.2) is 22.6 Å². The number of aromatic hydroxyl groups is 1. The van der Waals surface area contributed by atoms with Crippen LogP contribution in [-0.2, 0) is 16.1 Å². The van der Waals surface area contributed by atoms with E-state index < -0.39 is 17.6 Å². The van der Waals surface area contributed by atoms with Gasteiger partial charge in [0.15, 0.2) is 0 Å². The quantitative estimate of drug-likeness (QED) is 0.448. The Kier molecular flexibility index (Phi) is 5.08. The van der Waals surface area contributed by atoms with Crippen molar-refractivity contribution in [2.75, 3.05) is 0 Å². The van der Waals surface area contributed by atoms with Crippen molar-refractivity contribution in [2.45, 2.75) is 13.5 Å². The summed E-state index contributed by atoms with van der Waals surface area (Å²) in [6.45, 7) is 1.52. The summed E-state index contributed by atoms with van der Waals surface area (Å²) in [4.78, 5) is 23.2. The van der Waals surface area contributed by atoms with Gasteiger partial charge in [0.05, 0.1) is 18.5 Å². The summed E-state index contributed by atoms with van der Waals surface area (Å²) >= 11 is 0. The van der Waals surface area contributed by atoms with Crippen molar-refractivity contribution in [2.24, 2.45) is 5.10 Å². The summed E-state index contributed by atoms with van der Waals surface area (Å²) in [5, 5.41) is 15.6. The van der Waals surface area contributed by atoms with Gasteiger partial charge in [-0.3, -0.25) is 9.59 Å². The molecule has 2 amide bonds. The van der Waals surface area contributed by atoms with Crippen LogP contribution < -0.4 is 10.7 Å². The first kappa shape index (κ1) is 16.2. The first-order valence-corrected chi connectivity index (χ1v) is 6.61. The molecule has 2 aromatic rings. The van der Waals surface area contributed by atoms with Crippen LogP contribution in [0.15, 0.2) is 46.1 Å². The first-order chi connectivity index (χ1) is 11.0. The number of phenolic OH excluding ortho intramolecular Hbond substituents is 1. The molecule has 1 heterocycles. The van der Waals surface area contributed by atoms with E-state index in [-0.39, 0.29) is 23.6 Å². The van der Waals surface area contributed by atoms with Gasteiger partial charge in [0, 0.05) is 5.56 Å². The van der Waals surface area contributed by atoms with Crippen molar-refractivity contribution in [1.29, 1.82) is 0 Å². The van der Waals surface area contributed by atoms with Crippen LogP contribution in [0.1, 0.15) is 18.2 Å². The lowest BCUT2D eigenvalue weighted by atomic mass is 10.1. The van der Waals surface area contributed by atoms with Gasteiger partial charge in [-0.15, -0.1) is 0 Å². The third-order valence-electron chi connectivity index (χ3n) is 2.88. The zero-order chi connectivity index (χ0) is 16.8. The van der Waals surface area contributed by atoms with Gasteiger partial charge in [0.2, 0.25) is 0 Å². The second-order valence-electron chi connectivity index (χ2n) is 4.56. The molecule has 2 rings (SSSR count). The number of hydrogen-bond acceptors (Lipinski definition) is 5. The number of amides is 2. The predicted molar refractivity (Wildman–Crippen MR) is 79.0 cm³/mol. The first-order valence-electron chi connectivity index (χ1n) is 6.61. The summed E-state index contributed by atoms with van der Waals surface area (Å²) in [6, 6.07) is 6.62. The fourth-order valence-corrected chi connectivity index (χ4v) is 1.70. The van der Waals surface area contributed by atoms with Crippen molar-refractivity contribution >= 4 is 17.5 Å². The predicted octanol–water partition coefficient (Wildman–Crippen LogP) is 1.28. The number of hydrazone groups is 1. The van der Waals surface area contributed by atoms with Gasteiger partial charge in [0.1, 0.15) is 17.3 Å². The maximum atomic E-state index is 13.1. The lowest BCUT2D eigenvalue weighted by Gasteiger charge is -2.05. The number of nitrogens with one attached hydrogen (secondary N) is 2. The second kappa shape index (κ2) is 7.21. The molecule has 0 unspecified atom stereocenters. The monoisotopic (exact) mass is 319 g/mol. The van der Waals surface area contributed by atoms with E-state index >= 15 is 0 Å². The highest BCUT2D eigenvalue weighted by Gasteiger charge is 2.14. The Labute approximate surface area is 130 Å². The molecule has 1 aromatic carbocycles. The molecule has 1 aromatic heterocycles. The zero-order valence-electron chi connectivity index (χ0n) is 12.2. The van der Waals surface area contributed by atoms with Gasteiger partial charge in [0.25, 0.3) is 0 Å². The number of carbonyl (C=O) groups is 2. The molecule has 0 saturated carbocycles. The van der Waals surface area contributed by atoms with Gasteiger partial charge in [-0.05, 0) is 37.3 Å². The lowest BCUT2D eigenvalue weighted by molar-refractivity contribution is -0.139. The molecule has 0 aliphatic rings. The van der Waals surface area contributed by atoms with Gasteiger partial charge >= 0.3 is 11.8 Å². The van der Waals surface area contributed by atoms with E-state index in [0.717, 1.165) is 12.1 Å². The average Bonchev–Trinajstić information content (AvgIpc) is 3.05. The third-order valence-corrected chi connectivity index (χ3v) is 2.88. The van der Waals surface area contributed by atoms with Gasteiger partial charge in [-0.2, -0.15) is 5.10 Å². The van der Waals surface area contributed by atoms with E-state index in [1.807, 2.05) is 5.43 Å². The van der Waals surface area contributed by atoms with Crippen LogP contribution in [0.4, 0.5) is 4.39 Å². The molecule has 0 bridgehead atoms.